The van der Waals surface area contributed by atoms with Gasteiger partial charge in [-0.05, 0) is 39.4 Å². The van der Waals surface area contributed by atoms with Crippen LogP contribution in [0.4, 0.5) is 5.69 Å². The highest BCUT2D eigenvalue weighted by Gasteiger charge is 2.22. The van der Waals surface area contributed by atoms with Gasteiger partial charge in [0.2, 0.25) is 0 Å². The highest BCUT2D eigenvalue weighted by molar-refractivity contribution is 5.54. The molecule has 0 amide bonds. The van der Waals surface area contributed by atoms with Gasteiger partial charge >= 0.3 is 0 Å². The van der Waals surface area contributed by atoms with Crippen LogP contribution in [0.25, 0.3) is 0 Å². The minimum Gasteiger partial charge on any atom is -0.507 e. The van der Waals surface area contributed by atoms with Crippen molar-refractivity contribution < 1.29 is 10.2 Å². The highest BCUT2D eigenvalue weighted by Crippen LogP contribution is 2.30. The summed E-state index contributed by atoms with van der Waals surface area (Å²) in [7, 11) is 4.22. The molecule has 106 valence electrons. The predicted octanol–water partition coefficient (Wildman–Crippen LogP) is 1.98. The number of likely N-dealkylation sites (tertiary alicyclic amines) is 1. The fraction of sp³-hybridized carbons (Fsp3) is 0.600. The molecule has 1 saturated heterocycles. The molecular formula is C15H24N2O2. The van der Waals surface area contributed by atoms with Gasteiger partial charge in [-0.2, -0.15) is 0 Å². The Morgan fingerprint density at radius 3 is 2.74 bits per heavy atom. The monoisotopic (exact) mass is 264 g/mol. The summed E-state index contributed by atoms with van der Waals surface area (Å²) in [6.07, 6.45) is 1.75. The number of aliphatic hydroxyl groups is 1. The number of anilines is 1. The number of benzene rings is 1. The summed E-state index contributed by atoms with van der Waals surface area (Å²) in [5.41, 5.74) is 1.58. The smallest absolute Gasteiger partial charge is 0.123 e. The van der Waals surface area contributed by atoms with Crippen molar-refractivity contribution in [2.24, 2.45) is 0 Å². The van der Waals surface area contributed by atoms with Gasteiger partial charge in [0.05, 0.1) is 6.10 Å². The minimum absolute atomic E-state index is 0.170. The molecule has 0 radical (unpaired) electrons. The van der Waals surface area contributed by atoms with Crippen LogP contribution in [0.3, 0.4) is 0 Å². The van der Waals surface area contributed by atoms with Gasteiger partial charge in [0.1, 0.15) is 5.75 Å². The Morgan fingerprint density at radius 2 is 2.16 bits per heavy atom. The lowest BCUT2D eigenvalue weighted by Gasteiger charge is -2.37. The van der Waals surface area contributed by atoms with Crippen LogP contribution in [0.5, 0.6) is 5.75 Å². The predicted molar refractivity (Wildman–Crippen MR) is 77.7 cm³/mol. The third kappa shape index (κ3) is 3.19. The van der Waals surface area contributed by atoms with E-state index in [1.807, 2.05) is 6.07 Å². The molecule has 0 aromatic heterocycles. The molecule has 1 fully saturated rings. The van der Waals surface area contributed by atoms with Gasteiger partial charge in [-0.1, -0.05) is 6.07 Å². The summed E-state index contributed by atoms with van der Waals surface area (Å²) in [4.78, 5) is 4.57. The van der Waals surface area contributed by atoms with E-state index in [1.165, 1.54) is 12.8 Å². The second-order valence-electron chi connectivity index (χ2n) is 5.59. The van der Waals surface area contributed by atoms with Crippen LogP contribution >= 0.6 is 0 Å². The largest absolute Gasteiger partial charge is 0.507 e. The van der Waals surface area contributed by atoms with Crippen LogP contribution in [0, 0.1) is 0 Å². The number of hydrogen-bond acceptors (Lipinski definition) is 4. The Morgan fingerprint density at radius 1 is 1.42 bits per heavy atom. The van der Waals surface area contributed by atoms with Crippen molar-refractivity contribution in [2.75, 3.05) is 32.1 Å². The zero-order valence-corrected chi connectivity index (χ0v) is 12.0. The maximum Gasteiger partial charge on any atom is 0.123 e. The summed E-state index contributed by atoms with van der Waals surface area (Å²) in [5.74, 6) is 0.170. The van der Waals surface area contributed by atoms with Crippen LogP contribution in [-0.2, 0) is 0 Å². The van der Waals surface area contributed by atoms with E-state index in [4.69, 9.17) is 0 Å². The minimum atomic E-state index is -0.639. The molecule has 1 aliphatic heterocycles. The lowest BCUT2D eigenvalue weighted by Crippen LogP contribution is -2.45. The molecule has 4 heteroatoms. The lowest BCUT2D eigenvalue weighted by atomic mass is 10.0. The maximum atomic E-state index is 9.96. The number of likely N-dealkylation sites (N-methyl/N-ethyl adjacent to an activating group) is 2. The van der Waals surface area contributed by atoms with Crippen LogP contribution in [0.15, 0.2) is 18.2 Å². The number of phenols is 1. The Kier molecular flexibility index (Phi) is 4.32. The average Bonchev–Trinajstić information content (AvgIpc) is 2.37. The van der Waals surface area contributed by atoms with E-state index >= 15 is 0 Å². The summed E-state index contributed by atoms with van der Waals surface area (Å²) in [6.45, 7) is 3.88. The van der Waals surface area contributed by atoms with Crippen molar-refractivity contribution in [3.05, 3.63) is 23.8 Å². The normalized spacial score (nSPS) is 22.2. The molecular weight excluding hydrogens is 240 g/mol. The number of nitrogens with zero attached hydrogens (tertiary/aromatic N) is 2. The molecule has 1 heterocycles. The Bertz CT molecular complexity index is 434. The summed E-state index contributed by atoms with van der Waals surface area (Å²) in [6, 6.07) is 6.00. The fourth-order valence-corrected chi connectivity index (χ4v) is 2.77. The summed E-state index contributed by atoms with van der Waals surface area (Å²) >= 11 is 0. The standard InChI is InChI=1S/C15H24N2O2/c1-11(18)14-7-6-12(9-15(14)19)17(3)13-5-4-8-16(2)10-13/h6-7,9,11,13,18-19H,4-5,8,10H2,1-3H3. The van der Waals surface area contributed by atoms with E-state index in [1.54, 1.807) is 19.1 Å². The third-order valence-corrected chi connectivity index (χ3v) is 4.02. The first-order valence-electron chi connectivity index (χ1n) is 6.91. The van der Waals surface area contributed by atoms with Crippen molar-refractivity contribution in [2.45, 2.75) is 31.9 Å². The van der Waals surface area contributed by atoms with Crippen LogP contribution in [0.1, 0.15) is 31.4 Å². The molecule has 2 rings (SSSR count). The third-order valence-electron chi connectivity index (χ3n) is 4.02. The molecule has 1 aromatic carbocycles. The Balaban J connectivity index is 2.15. The maximum absolute atomic E-state index is 9.96. The van der Waals surface area contributed by atoms with Crippen molar-refractivity contribution in [1.29, 1.82) is 0 Å². The van der Waals surface area contributed by atoms with E-state index in [9.17, 15) is 10.2 Å². The number of piperidine rings is 1. The second kappa shape index (κ2) is 5.80. The van der Waals surface area contributed by atoms with Crippen molar-refractivity contribution in [3.8, 4) is 5.75 Å². The van der Waals surface area contributed by atoms with E-state index in [2.05, 4.69) is 23.9 Å². The number of phenolic OH excluding ortho intramolecular Hbond substituents is 1. The van der Waals surface area contributed by atoms with Gasteiger partial charge in [0, 0.05) is 37.0 Å². The Labute approximate surface area is 115 Å². The summed E-state index contributed by atoms with van der Waals surface area (Å²) < 4.78 is 0. The lowest BCUT2D eigenvalue weighted by molar-refractivity contribution is 0.195. The average molecular weight is 264 g/mol. The quantitative estimate of drug-likeness (QED) is 0.876. The van der Waals surface area contributed by atoms with Crippen LogP contribution in [0.2, 0.25) is 0 Å². The zero-order valence-electron chi connectivity index (χ0n) is 12.0. The molecule has 0 bridgehead atoms. The summed E-state index contributed by atoms with van der Waals surface area (Å²) in [5, 5.41) is 19.5. The first-order chi connectivity index (χ1) is 8.99. The number of aliphatic hydroxyl groups excluding tert-OH is 1. The fourth-order valence-electron chi connectivity index (χ4n) is 2.77. The van der Waals surface area contributed by atoms with Crippen molar-refractivity contribution in [3.63, 3.8) is 0 Å². The molecule has 0 spiro atoms. The van der Waals surface area contributed by atoms with E-state index in [0.29, 0.717) is 11.6 Å². The molecule has 2 atom stereocenters. The first kappa shape index (κ1) is 14.2. The number of hydrogen-bond donors (Lipinski definition) is 2. The molecule has 19 heavy (non-hydrogen) atoms. The van der Waals surface area contributed by atoms with E-state index in [0.717, 1.165) is 18.8 Å². The van der Waals surface area contributed by atoms with Gasteiger partial charge < -0.3 is 20.0 Å². The number of aromatic hydroxyl groups is 1. The Hall–Kier alpha value is -1.26. The zero-order chi connectivity index (χ0) is 14.0. The highest BCUT2D eigenvalue weighted by atomic mass is 16.3. The first-order valence-corrected chi connectivity index (χ1v) is 6.91. The molecule has 2 N–H and O–H groups in total. The van der Waals surface area contributed by atoms with Gasteiger partial charge in [0.25, 0.3) is 0 Å². The molecule has 0 aliphatic carbocycles. The molecule has 4 nitrogen and oxygen atoms in total. The molecule has 1 aromatic rings. The number of rotatable bonds is 3. The van der Waals surface area contributed by atoms with E-state index in [-0.39, 0.29) is 5.75 Å². The molecule has 1 aliphatic rings. The second-order valence-corrected chi connectivity index (χ2v) is 5.59. The van der Waals surface area contributed by atoms with Crippen molar-refractivity contribution in [1.82, 2.24) is 4.90 Å². The molecule has 0 saturated carbocycles. The SMILES string of the molecule is CC(O)c1ccc(N(C)C2CCCN(C)C2)cc1O. The van der Waals surface area contributed by atoms with Gasteiger partial charge in [0.15, 0.2) is 0 Å². The van der Waals surface area contributed by atoms with Gasteiger partial charge in [-0.3, -0.25) is 0 Å². The van der Waals surface area contributed by atoms with Gasteiger partial charge in [-0.15, -0.1) is 0 Å². The van der Waals surface area contributed by atoms with E-state index < -0.39 is 6.10 Å². The molecule has 2 unspecified atom stereocenters. The van der Waals surface area contributed by atoms with Gasteiger partial charge in [-0.25, -0.2) is 0 Å². The van der Waals surface area contributed by atoms with Crippen LogP contribution < -0.4 is 4.90 Å². The topological polar surface area (TPSA) is 46.9 Å². The van der Waals surface area contributed by atoms with Crippen molar-refractivity contribution >= 4 is 5.69 Å². The van der Waals surface area contributed by atoms with Crippen LogP contribution in [-0.4, -0.2) is 48.3 Å².